The van der Waals surface area contributed by atoms with Gasteiger partial charge in [0.15, 0.2) is 0 Å². The Labute approximate surface area is 110 Å². The van der Waals surface area contributed by atoms with Gasteiger partial charge in [-0.25, -0.2) is 0 Å². The molecule has 0 aliphatic carbocycles. The predicted molar refractivity (Wildman–Crippen MR) is 76.9 cm³/mol. The smallest absolute Gasteiger partial charge is 0.228 e. The molecule has 1 aromatic carbocycles. The third-order valence-electron chi connectivity index (χ3n) is 3.15. The maximum atomic E-state index is 12.2. The van der Waals surface area contributed by atoms with Crippen molar-refractivity contribution < 1.29 is 4.79 Å². The minimum absolute atomic E-state index is 0.0499. The molecule has 1 rings (SSSR count). The van der Waals surface area contributed by atoms with Crippen LogP contribution in [0.15, 0.2) is 12.1 Å². The number of hydrogen-bond acceptors (Lipinski definition) is 2. The third-order valence-corrected chi connectivity index (χ3v) is 3.15. The summed E-state index contributed by atoms with van der Waals surface area (Å²) >= 11 is 0. The van der Waals surface area contributed by atoms with Gasteiger partial charge >= 0.3 is 0 Å². The minimum Gasteiger partial charge on any atom is -0.325 e. The highest BCUT2D eigenvalue weighted by Gasteiger charge is 2.21. The van der Waals surface area contributed by atoms with Crippen molar-refractivity contribution in [3.63, 3.8) is 0 Å². The summed E-state index contributed by atoms with van der Waals surface area (Å²) < 4.78 is 0. The van der Waals surface area contributed by atoms with Gasteiger partial charge in [-0.3, -0.25) is 4.79 Å². The highest BCUT2D eigenvalue weighted by molar-refractivity contribution is 5.94. The number of aryl methyl sites for hydroxylation is 3. The van der Waals surface area contributed by atoms with Crippen LogP contribution in [0, 0.1) is 20.8 Å². The SMILES string of the molecule is Cc1cc(C)c(N(C)C(=O)CC(C)(C)N)cc1C. The number of carbonyl (C=O) groups excluding carboxylic acids is 1. The van der Waals surface area contributed by atoms with E-state index in [9.17, 15) is 4.79 Å². The molecular formula is C15H24N2O. The molecule has 0 spiro atoms. The molecule has 3 nitrogen and oxygen atoms in total. The summed E-state index contributed by atoms with van der Waals surface area (Å²) in [6.45, 7) is 9.90. The van der Waals surface area contributed by atoms with Gasteiger partial charge in [-0.2, -0.15) is 0 Å². The number of nitrogens with two attached hydrogens (primary N) is 1. The first-order valence-electron chi connectivity index (χ1n) is 6.25. The number of carbonyl (C=O) groups is 1. The van der Waals surface area contributed by atoms with Crippen molar-refractivity contribution in [3.8, 4) is 0 Å². The van der Waals surface area contributed by atoms with E-state index in [2.05, 4.69) is 26.0 Å². The van der Waals surface area contributed by atoms with E-state index in [4.69, 9.17) is 5.73 Å². The Morgan fingerprint density at radius 1 is 1.17 bits per heavy atom. The zero-order valence-electron chi connectivity index (χ0n) is 12.3. The van der Waals surface area contributed by atoms with E-state index in [0.717, 1.165) is 11.3 Å². The lowest BCUT2D eigenvalue weighted by molar-refractivity contribution is -0.119. The van der Waals surface area contributed by atoms with Crippen molar-refractivity contribution in [2.75, 3.05) is 11.9 Å². The molecule has 0 bridgehead atoms. The Bertz CT molecular complexity index is 458. The number of rotatable bonds is 3. The highest BCUT2D eigenvalue weighted by Crippen LogP contribution is 2.24. The second-order valence-corrected chi connectivity index (χ2v) is 5.84. The number of nitrogens with zero attached hydrogens (tertiary/aromatic N) is 1. The first-order valence-corrected chi connectivity index (χ1v) is 6.25. The number of anilines is 1. The highest BCUT2D eigenvalue weighted by atomic mass is 16.2. The summed E-state index contributed by atoms with van der Waals surface area (Å²) in [6.07, 6.45) is 0.343. The molecule has 0 radical (unpaired) electrons. The van der Waals surface area contributed by atoms with Crippen molar-refractivity contribution in [3.05, 3.63) is 28.8 Å². The van der Waals surface area contributed by atoms with Gasteiger partial charge in [-0.1, -0.05) is 6.07 Å². The molecule has 1 amide bonds. The van der Waals surface area contributed by atoms with Crippen LogP contribution in [0.4, 0.5) is 5.69 Å². The van der Waals surface area contributed by atoms with Crippen molar-refractivity contribution >= 4 is 11.6 Å². The van der Waals surface area contributed by atoms with Crippen LogP contribution >= 0.6 is 0 Å². The van der Waals surface area contributed by atoms with Crippen LogP contribution in [0.2, 0.25) is 0 Å². The summed E-state index contributed by atoms with van der Waals surface area (Å²) in [5.41, 5.74) is 9.95. The molecule has 0 aliphatic rings. The molecule has 0 aromatic heterocycles. The second kappa shape index (κ2) is 5.11. The summed E-state index contributed by atoms with van der Waals surface area (Å²) in [6, 6.07) is 4.17. The largest absolute Gasteiger partial charge is 0.325 e. The molecule has 0 aliphatic heterocycles. The van der Waals surface area contributed by atoms with Gasteiger partial charge in [0.05, 0.1) is 0 Å². The standard InChI is InChI=1S/C15H24N2O/c1-10-7-12(3)13(8-11(10)2)17(6)14(18)9-15(4,5)16/h7-8H,9,16H2,1-6H3. The van der Waals surface area contributed by atoms with Crippen LogP contribution in [0.3, 0.4) is 0 Å². The minimum atomic E-state index is -0.473. The quantitative estimate of drug-likeness (QED) is 0.894. The van der Waals surface area contributed by atoms with E-state index in [-0.39, 0.29) is 5.91 Å². The van der Waals surface area contributed by atoms with Gasteiger partial charge in [0, 0.05) is 24.7 Å². The monoisotopic (exact) mass is 248 g/mol. The molecular weight excluding hydrogens is 224 g/mol. The molecule has 0 fully saturated rings. The normalized spacial score (nSPS) is 11.5. The molecule has 2 N–H and O–H groups in total. The van der Waals surface area contributed by atoms with E-state index in [1.54, 1.807) is 4.90 Å². The van der Waals surface area contributed by atoms with Crippen LogP contribution in [-0.4, -0.2) is 18.5 Å². The van der Waals surface area contributed by atoms with Crippen LogP contribution in [0.5, 0.6) is 0 Å². The lowest BCUT2D eigenvalue weighted by Crippen LogP contribution is -2.40. The maximum absolute atomic E-state index is 12.2. The molecule has 3 heteroatoms. The maximum Gasteiger partial charge on any atom is 0.228 e. The van der Waals surface area contributed by atoms with Crippen molar-refractivity contribution in [2.45, 2.75) is 46.6 Å². The number of benzene rings is 1. The molecule has 0 unspecified atom stereocenters. The van der Waals surface area contributed by atoms with E-state index in [0.29, 0.717) is 6.42 Å². The Balaban J connectivity index is 3.01. The lowest BCUT2D eigenvalue weighted by atomic mass is 10.0. The Kier molecular flexibility index (Phi) is 4.17. The topological polar surface area (TPSA) is 46.3 Å². The first-order chi connectivity index (χ1) is 8.11. The fraction of sp³-hybridized carbons (Fsp3) is 0.533. The molecule has 0 heterocycles. The van der Waals surface area contributed by atoms with Gasteiger partial charge in [-0.15, -0.1) is 0 Å². The summed E-state index contributed by atoms with van der Waals surface area (Å²) in [4.78, 5) is 13.9. The second-order valence-electron chi connectivity index (χ2n) is 5.84. The van der Waals surface area contributed by atoms with Gasteiger partial charge in [0.2, 0.25) is 5.91 Å². The summed E-state index contributed by atoms with van der Waals surface area (Å²) in [5.74, 6) is 0.0499. The molecule has 0 saturated heterocycles. The number of hydrogen-bond donors (Lipinski definition) is 1. The average molecular weight is 248 g/mol. The van der Waals surface area contributed by atoms with E-state index in [1.807, 2.05) is 27.8 Å². The van der Waals surface area contributed by atoms with Crippen LogP contribution in [-0.2, 0) is 4.79 Å². The van der Waals surface area contributed by atoms with Gasteiger partial charge in [0.1, 0.15) is 0 Å². The number of amides is 1. The van der Waals surface area contributed by atoms with E-state index in [1.165, 1.54) is 11.1 Å². The Morgan fingerprint density at radius 2 is 1.67 bits per heavy atom. The van der Waals surface area contributed by atoms with Gasteiger partial charge in [-0.05, 0) is 57.4 Å². The molecule has 100 valence electrons. The van der Waals surface area contributed by atoms with Crippen molar-refractivity contribution in [1.29, 1.82) is 0 Å². The van der Waals surface area contributed by atoms with E-state index >= 15 is 0 Å². The molecule has 1 aromatic rings. The lowest BCUT2D eigenvalue weighted by Gasteiger charge is -2.25. The molecule has 18 heavy (non-hydrogen) atoms. The van der Waals surface area contributed by atoms with Crippen LogP contribution in [0.1, 0.15) is 37.0 Å². The predicted octanol–water partition coefficient (Wildman–Crippen LogP) is 2.70. The van der Waals surface area contributed by atoms with Crippen molar-refractivity contribution in [1.82, 2.24) is 0 Å². The van der Waals surface area contributed by atoms with Gasteiger partial charge < -0.3 is 10.6 Å². The van der Waals surface area contributed by atoms with Crippen LogP contribution < -0.4 is 10.6 Å². The van der Waals surface area contributed by atoms with E-state index < -0.39 is 5.54 Å². The molecule has 0 atom stereocenters. The zero-order valence-corrected chi connectivity index (χ0v) is 12.3. The Morgan fingerprint density at radius 3 is 2.17 bits per heavy atom. The Hall–Kier alpha value is -1.35. The van der Waals surface area contributed by atoms with Crippen molar-refractivity contribution in [2.24, 2.45) is 5.73 Å². The first kappa shape index (κ1) is 14.7. The molecule has 0 saturated carbocycles. The average Bonchev–Trinajstić information content (AvgIpc) is 2.20. The summed E-state index contributed by atoms with van der Waals surface area (Å²) in [7, 11) is 1.81. The fourth-order valence-electron chi connectivity index (χ4n) is 1.95. The summed E-state index contributed by atoms with van der Waals surface area (Å²) in [5, 5.41) is 0. The third kappa shape index (κ3) is 3.57. The van der Waals surface area contributed by atoms with Crippen LogP contribution in [0.25, 0.3) is 0 Å². The fourth-order valence-corrected chi connectivity index (χ4v) is 1.95. The van der Waals surface area contributed by atoms with Gasteiger partial charge in [0.25, 0.3) is 0 Å². The zero-order chi connectivity index (χ0) is 14.1.